The van der Waals surface area contributed by atoms with Gasteiger partial charge in [-0.05, 0) is 29.3 Å². The van der Waals surface area contributed by atoms with Crippen LogP contribution in [-0.4, -0.2) is 39.5 Å². The number of benzene rings is 1. The van der Waals surface area contributed by atoms with Gasteiger partial charge in [0.2, 0.25) is 5.91 Å². The molecule has 176 valence electrons. The van der Waals surface area contributed by atoms with Crippen molar-refractivity contribution >= 4 is 22.9 Å². The molecule has 2 aromatic heterocycles. The van der Waals surface area contributed by atoms with Crippen molar-refractivity contribution in [3.05, 3.63) is 80.6 Å². The maximum absolute atomic E-state index is 12.8. The van der Waals surface area contributed by atoms with Gasteiger partial charge in [0.15, 0.2) is 0 Å². The number of imidazole rings is 1. The topological polar surface area (TPSA) is 102 Å². The number of nitro benzene ring substituents is 1. The summed E-state index contributed by atoms with van der Waals surface area (Å²) >= 11 is 1.76. The summed E-state index contributed by atoms with van der Waals surface area (Å²) in [5.41, 5.74) is 1.77. The van der Waals surface area contributed by atoms with Gasteiger partial charge in [-0.15, -0.1) is 11.3 Å². The number of aromatic nitrogens is 2. The van der Waals surface area contributed by atoms with Crippen LogP contribution in [0.15, 0.2) is 54.3 Å². The molecule has 2 N–H and O–H groups in total. The number of hydrogen-bond acceptors (Lipinski definition) is 6. The fourth-order valence-electron chi connectivity index (χ4n) is 3.58. The number of carbonyl (C=O) groups is 1. The van der Waals surface area contributed by atoms with Gasteiger partial charge in [0, 0.05) is 54.6 Å². The van der Waals surface area contributed by atoms with Gasteiger partial charge in [-0.1, -0.05) is 38.5 Å². The van der Waals surface area contributed by atoms with Crippen LogP contribution in [0, 0.1) is 16.0 Å². The minimum absolute atomic E-state index is 0.0363. The summed E-state index contributed by atoms with van der Waals surface area (Å²) in [6, 6.07) is 10.7. The molecule has 0 radical (unpaired) electrons. The number of nitro groups is 1. The Hall–Kier alpha value is -3.04. The van der Waals surface area contributed by atoms with E-state index in [1.54, 1.807) is 36.0 Å². The average molecular weight is 470 g/mol. The van der Waals surface area contributed by atoms with E-state index < -0.39 is 4.92 Å². The summed E-state index contributed by atoms with van der Waals surface area (Å²) in [6.07, 6.45) is 5.58. The van der Waals surface area contributed by atoms with Crippen molar-refractivity contribution in [3.8, 4) is 0 Å². The molecule has 1 aromatic carbocycles. The van der Waals surface area contributed by atoms with Crippen LogP contribution in [0.3, 0.4) is 0 Å². The predicted molar refractivity (Wildman–Crippen MR) is 130 cm³/mol. The lowest BCUT2D eigenvalue weighted by Gasteiger charge is -2.25. The molecule has 9 heteroatoms. The van der Waals surface area contributed by atoms with Crippen LogP contribution in [0.5, 0.6) is 0 Å². The summed E-state index contributed by atoms with van der Waals surface area (Å²) < 4.78 is 1.90. The SMILES string of the molecule is CCC(C)C(CNCCc1cccs1)NC(=O)Cc1cncn1Cc1ccc([N+](=O)[O-])cc1. The normalized spacial score (nSPS) is 12.9. The van der Waals surface area contributed by atoms with Gasteiger partial charge in [-0.25, -0.2) is 4.98 Å². The highest BCUT2D eigenvalue weighted by Crippen LogP contribution is 2.14. The maximum atomic E-state index is 12.8. The van der Waals surface area contributed by atoms with Crippen molar-refractivity contribution in [2.75, 3.05) is 13.1 Å². The molecule has 33 heavy (non-hydrogen) atoms. The molecule has 0 fully saturated rings. The van der Waals surface area contributed by atoms with Crippen molar-refractivity contribution in [1.82, 2.24) is 20.2 Å². The molecule has 0 spiro atoms. The maximum Gasteiger partial charge on any atom is 0.269 e. The fourth-order valence-corrected chi connectivity index (χ4v) is 4.29. The quantitative estimate of drug-likeness (QED) is 0.225. The van der Waals surface area contributed by atoms with Crippen LogP contribution in [0.4, 0.5) is 5.69 Å². The first-order valence-corrected chi connectivity index (χ1v) is 12.1. The van der Waals surface area contributed by atoms with E-state index in [0.717, 1.165) is 37.2 Å². The van der Waals surface area contributed by atoms with Crippen molar-refractivity contribution < 1.29 is 9.72 Å². The first kappa shape index (κ1) is 24.6. The van der Waals surface area contributed by atoms with Crippen molar-refractivity contribution in [2.45, 2.75) is 45.7 Å². The molecule has 3 rings (SSSR count). The van der Waals surface area contributed by atoms with Gasteiger partial charge in [0.1, 0.15) is 0 Å². The summed E-state index contributed by atoms with van der Waals surface area (Å²) in [7, 11) is 0. The molecule has 8 nitrogen and oxygen atoms in total. The Balaban J connectivity index is 1.53. The van der Waals surface area contributed by atoms with Crippen LogP contribution < -0.4 is 10.6 Å². The summed E-state index contributed by atoms with van der Waals surface area (Å²) in [4.78, 5) is 28.8. The van der Waals surface area contributed by atoms with E-state index in [9.17, 15) is 14.9 Å². The number of rotatable bonds is 13. The third-order valence-electron chi connectivity index (χ3n) is 5.81. The first-order chi connectivity index (χ1) is 16.0. The fraction of sp³-hybridized carbons (Fsp3) is 0.417. The Labute approximate surface area is 198 Å². The summed E-state index contributed by atoms with van der Waals surface area (Å²) in [6.45, 7) is 6.40. The number of nitrogens with zero attached hydrogens (tertiary/aromatic N) is 3. The van der Waals surface area contributed by atoms with E-state index in [-0.39, 0.29) is 24.1 Å². The highest BCUT2D eigenvalue weighted by Gasteiger charge is 2.19. The second-order valence-electron chi connectivity index (χ2n) is 8.21. The lowest BCUT2D eigenvalue weighted by atomic mass is 9.98. The lowest BCUT2D eigenvalue weighted by Crippen LogP contribution is -2.46. The smallest absolute Gasteiger partial charge is 0.269 e. The van der Waals surface area contributed by atoms with Gasteiger partial charge in [-0.2, -0.15) is 0 Å². The summed E-state index contributed by atoms with van der Waals surface area (Å²) in [5.74, 6) is 0.319. The molecular weight excluding hydrogens is 438 g/mol. The van der Waals surface area contributed by atoms with Crippen LogP contribution in [-0.2, 0) is 24.2 Å². The largest absolute Gasteiger partial charge is 0.351 e. The number of amides is 1. The highest BCUT2D eigenvalue weighted by atomic mass is 32.1. The number of carbonyl (C=O) groups excluding carboxylic acids is 1. The molecule has 0 saturated carbocycles. The van der Waals surface area contributed by atoms with Crippen LogP contribution in [0.1, 0.15) is 36.4 Å². The van der Waals surface area contributed by atoms with E-state index in [1.165, 1.54) is 17.0 Å². The molecule has 0 saturated heterocycles. The molecule has 2 heterocycles. The zero-order valence-corrected chi connectivity index (χ0v) is 19.9. The highest BCUT2D eigenvalue weighted by molar-refractivity contribution is 7.09. The number of hydrogen-bond donors (Lipinski definition) is 2. The zero-order valence-electron chi connectivity index (χ0n) is 19.1. The van der Waals surface area contributed by atoms with E-state index in [0.29, 0.717) is 12.5 Å². The molecule has 0 aliphatic rings. The Morgan fingerprint density at radius 1 is 1.27 bits per heavy atom. The van der Waals surface area contributed by atoms with E-state index in [4.69, 9.17) is 0 Å². The van der Waals surface area contributed by atoms with Crippen LogP contribution in [0.25, 0.3) is 0 Å². The summed E-state index contributed by atoms with van der Waals surface area (Å²) in [5, 5.41) is 19.6. The molecular formula is C24H31N5O3S. The van der Waals surface area contributed by atoms with Gasteiger partial charge in [0.05, 0.1) is 17.7 Å². The number of non-ortho nitro benzene ring substituents is 1. The molecule has 0 aliphatic carbocycles. The van der Waals surface area contributed by atoms with Gasteiger partial charge < -0.3 is 15.2 Å². The standard InChI is InChI=1S/C24H31N5O3S/c1-3-18(2)23(15-25-11-10-22-5-4-12-33-22)27-24(30)13-21-14-26-17-28(21)16-19-6-8-20(9-7-19)29(31)32/h4-9,12,14,17-18,23,25H,3,10-11,13,15-16H2,1-2H3,(H,27,30). The Morgan fingerprint density at radius 3 is 2.73 bits per heavy atom. The minimum atomic E-state index is -0.415. The zero-order chi connectivity index (χ0) is 23.6. The van der Waals surface area contributed by atoms with Gasteiger partial charge in [-0.3, -0.25) is 14.9 Å². The van der Waals surface area contributed by atoms with Crippen molar-refractivity contribution in [2.24, 2.45) is 5.92 Å². The minimum Gasteiger partial charge on any atom is -0.351 e. The van der Waals surface area contributed by atoms with Crippen molar-refractivity contribution in [3.63, 3.8) is 0 Å². The Kier molecular flexibility index (Phi) is 9.14. The average Bonchev–Trinajstić information content (AvgIpc) is 3.48. The third-order valence-corrected chi connectivity index (χ3v) is 6.75. The second kappa shape index (κ2) is 12.3. The molecule has 1 amide bonds. The van der Waals surface area contributed by atoms with Gasteiger partial charge in [0.25, 0.3) is 5.69 Å². The van der Waals surface area contributed by atoms with Gasteiger partial charge >= 0.3 is 0 Å². The van der Waals surface area contributed by atoms with Crippen LogP contribution >= 0.6 is 11.3 Å². The van der Waals surface area contributed by atoms with E-state index in [2.05, 4.69) is 47.0 Å². The van der Waals surface area contributed by atoms with Crippen molar-refractivity contribution in [1.29, 1.82) is 0 Å². The van der Waals surface area contributed by atoms with E-state index >= 15 is 0 Å². The Bertz CT molecular complexity index is 1020. The monoisotopic (exact) mass is 469 g/mol. The third kappa shape index (κ3) is 7.50. The molecule has 2 unspecified atom stereocenters. The molecule has 0 bridgehead atoms. The molecule has 2 atom stereocenters. The molecule has 0 aliphatic heterocycles. The number of thiophene rings is 1. The predicted octanol–water partition coefficient (Wildman–Crippen LogP) is 3.81. The van der Waals surface area contributed by atoms with Crippen LogP contribution in [0.2, 0.25) is 0 Å². The Morgan fingerprint density at radius 2 is 2.06 bits per heavy atom. The van der Waals surface area contributed by atoms with E-state index in [1.807, 2.05) is 4.57 Å². The lowest BCUT2D eigenvalue weighted by molar-refractivity contribution is -0.384. The second-order valence-corrected chi connectivity index (χ2v) is 9.24. The number of nitrogens with one attached hydrogen (secondary N) is 2. The molecule has 3 aromatic rings. The first-order valence-electron chi connectivity index (χ1n) is 11.2.